The lowest BCUT2D eigenvalue weighted by atomic mass is 9.88. The van der Waals surface area contributed by atoms with Crippen LogP contribution in [0.2, 0.25) is 10.0 Å². The Bertz CT molecular complexity index is 375. The summed E-state index contributed by atoms with van der Waals surface area (Å²) in [5.74, 6) is 0. The second-order valence-corrected chi connectivity index (χ2v) is 5.16. The molecular formula is C12H14Cl2FN. The van der Waals surface area contributed by atoms with E-state index in [0.29, 0.717) is 29.3 Å². The number of hydrogen-bond acceptors (Lipinski definition) is 1. The second-order valence-electron chi connectivity index (χ2n) is 4.31. The molecule has 88 valence electrons. The third-order valence-electron chi connectivity index (χ3n) is 3.02. The molecule has 1 aromatic carbocycles. The Hall–Kier alpha value is -0.310. The molecular weight excluding hydrogens is 248 g/mol. The van der Waals surface area contributed by atoms with Crippen molar-refractivity contribution >= 4 is 23.2 Å². The quantitative estimate of drug-likeness (QED) is 0.858. The molecule has 0 unspecified atom stereocenters. The van der Waals surface area contributed by atoms with Gasteiger partial charge >= 0.3 is 0 Å². The van der Waals surface area contributed by atoms with Gasteiger partial charge < -0.3 is 5.32 Å². The number of rotatable bonds is 2. The zero-order valence-electron chi connectivity index (χ0n) is 8.90. The fraction of sp³-hybridized carbons (Fsp3) is 0.500. The molecule has 0 amide bonds. The molecule has 1 nitrogen and oxygen atoms in total. The van der Waals surface area contributed by atoms with E-state index in [9.17, 15) is 4.39 Å². The Morgan fingerprint density at radius 3 is 2.56 bits per heavy atom. The Kier molecular flexibility index (Phi) is 3.73. The van der Waals surface area contributed by atoms with E-state index in [2.05, 4.69) is 5.32 Å². The van der Waals surface area contributed by atoms with Gasteiger partial charge in [0.1, 0.15) is 5.67 Å². The van der Waals surface area contributed by atoms with Gasteiger partial charge in [-0.05, 0) is 43.6 Å². The van der Waals surface area contributed by atoms with Crippen molar-refractivity contribution in [3.05, 3.63) is 33.8 Å². The molecule has 0 saturated carbocycles. The largest absolute Gasteiger partial charge is 0.316 e. The number of hydrogen-bond donors (Lipinski definition) is 1. The van der Waals surface area contributed by atoms with Gasteiger partial charge in [0, 0.05) is 16.5 Å². The van der Waals surface area contributed by atoms with E-state index in [0.717, 1.165) is 18.7 Å². The molecule has 1 heterocycles. The molecule has 16 heavy (non-hydrogen) atoms. The SMILES string of the molecule is FC1(Cc2ccc(Cl)cc2Cl)CCNCC1. The fourth-order valence-electron chi connectivity index (χ4n) is 2.06. The van der Waals surface area contributed by atoms with Gasteiger partial charge in [-0.1, -0.05) is 29.3 Å². The third kappa shape index (κ3) is 2.88. The van der Waals surface area contributed by atoms with Crippen LogP contribution >= 0.6 is 23.2 Å². The average molecular weight is 262 g/mol. The van der Waals surface area contributed by atoms with Crippen LogP contribution in [-0.2, 0) is 6.42 Å². The Labute approximate surface area is 105 Å². The molecule has 0 radical (unpaired) electrons. The molecule has 1 fully saturated rings. The molecule has 0 atom stereocenters. The first-order chi connectivity index (χ1) is 7.59. The molecule has 0 bridgehead atoms. The lowest BCUT2D eigenvalue weighted by molar-refractivity contribution is 0.116. The maximum absolute atomic E-state index is 14.4. The van der Waals surface area contributed by atoms with Gasteiger partial charge in [0.15, 0.2) is 0 Å². The third-order valence-corrected chi connectivity index (χ3v) is 3.61. The van der Waals surface area contributed by atoms with Gasteiger partial charge in [-0.3, -0.25) is 0 Å². The number of halogens is 3. The highest BCUT2D eigenvalue weighted by atomic mass is 35.5. The van der Waals surface area contributed by atoms with Crippen molar-refractivity contribution in [2.24, 2.45) is 0 Å². The average Bonchev–Trinajstić information content (AvgIpc) is 2.23. The number of nitrogens with one attached hydrogen (secondary N) is 1. The Morgan fingerprint density at radius 1 is 1.25 bits per heavy atom. The van der Waals surface area contributed by atoms with Gasteiger partial charge in [-0.2, -0.15) is 0 Å². The van der Waals surface area contributed by atoms with E-state index in [4.69, 9.17) is 23.2 Å². The van der Waals surface area contributed by atoms with Crippen molar-refractivity contribution in [3.8, 4) is 0 Å². The number of piperidine rings is 1. The summed E-state index contributed by atoms with van der Waals surface area (Å²) in [7, 11) is 0. The molecule has 1 saturated heterocycles. The van der Waals surface area contributed by atoms with Gasteiger partial charge in [0.2, 0.25) is 0 Å². The Morgan fingerprint density at radius 2 is 1.94 bits per heavy atom. The summed E-state index contributed by atoms with van der Waals surface area (Å²) < 4.78 is 14.4. The minimum Gasteiger partial charge on any atom is -0.316 e. The lowest BCUT2D eigenvalue weighted by Crippen LogP contribution is -2.40. The summed E-state index contributed by atoms with van der Waals surface area (Å²) in [5, 5.41) is 4.30. The highest BCUT2D eigenvalue weighted by molar-refractivity contribution is 6.35. The molecule has 1 aliphatic rings. The summed E-state index contributed by atoms with van der Waals surface area (Å²) in [6.45, 7) is 1.48. The van der Waals surface area contributed by atoms with Gasteiger partial charge in [-0.15, -0.1) is 0 Å². The van der Waals surface area contributed by atoms with E-state index in [1.54, 1.807) is 12.1 Å². The van der Waals surface area contributed by atoms with Crippen molar-refractivity contribution < 1.29 is 4.39 Å². The van der Waals surface area contributed by atoms with E-state index in [-0.39, 0.29) is 0 Å². The molecule has 0 aliphatic carbocycles. The fourth-order valence-corrected chi connectivity index (χ4v) is 2.53. The molecule has 1 aromatic rings. The van der Waals surface area contributed by atoms with E-state index in [1.807, 2.05) is 6.07 Å². The van der Waals surface area contributed by atoms with Crippen LogP contribution in [0, 0.1) is 0 Å². The van der Waals surface area contributed by atoms with Crippen LogP contribution in [0.4, 0.5) is 4.39 Å². The maximum atomic E-state index is 14.4. The highest BCUT2D eigenvalue weighted by Gasteiger charge is 2.32. The lowest BCUT2D eigenvalue weighted by Gasteiger charge is -2.30. The van der Waals surface area contributed by atoms with Crippen LogP contribution in [0.15, 0.2) is 18.2 Å². The summed E-state index contributed by atoms with van der Waals surface area (Å²) in [4.78, 5) is 0. The van der Waals surface area contributed by atoms with Crippen molar-refractivity contribution in [2.75, 3.05) is 13.1 Å². The van der Waals surface area contributed by atoms with Gasteiger partial charge in [-0.25, -0.2) is 4.39 Å². The van der Waals surface area contributed by atoms with Gasteiger partial charge in [0.25, 0.3) is 0 Å². The first-order valence-electron chi connectivity index (χ1n) is 5.43. The molecule has 0 spiro atoms. The van der Waals surface area contributed by atoms with Crippen LogP contribution in [0.25, 0.3) is 0 Å². The molecule has 2 rings (SSSR count). The molecule has 0 aromatic heterocycles. The van der Waals surface area contributed by atoms with Crippen LogP contribution in [-0.4, -0.2) is 18.8 Å². The van der Waals surface area contributed by atoms with E-state index >= 15 is 0 Å². The second kappa shape index (κ2) is 4.91. The van der Waals surface area contributed by atoms with Crippen LogP contribution in [0.1, 0.15) is 18.4 Å². The predicted molar refractivity (Wildman–Crippen MR) is 66.1 cm³/mol. The number of alkyl halides is 1. The summed E-state index contributed by atoms with van der Waals surface area (Å²) >= 11 is 11.9. The maximum Gasteiger partial charge on any atom is 0.117 e. The number of benzene rings is 1. The topological polar surface area (TPSA) is 12.0 Å². The predicted octanol–water partition coefficient (Wildman–Crippen LogP) is 3.63. The minimum absolute atomic E-state index is 0.380. The zero-order valence-corrected chi connectivity index (χ0v) is 10.4. The smallest absolute Gasteiger partial charge is 0.117 e. The summed E-state index contributed by atoms with van der Waals surface area (Å²) in [6, 6.07) is 5.24. The molecule has 1 N–H and O–H groups in total. The normalized spacial score (nSPS) is 19.7. The Balaban J connectivity index is 2.13. The molecule has 4 heteroatoms. The van der Waals surface area contributed by atoms with Gasteiger partial charge in [0.05, 0.1) is 0 Å². The van der Waals surface area contributed by atoms with Crippen LogP contribution < -0.4 is 5.32 Å². The van der Waals surface area contributed by atoms with Crippen molar-refractivity contribution in [1.29, 1.82) is 0 Å². The standard InChI is InChI=1S/C12H14Cl2FN/c13-10-2-1-9(11(14)7-10)8-12(15)3-5-16-6-4-12/h1-2,7,16H,3-6,8H2. The minimum atomic E-state index is -1.12. The van der Waals surface area contributed by atoms with E-state index < -0.39 is 5.67 Å². The summed E-state index contributed by atoms with van der Waals surface area (Å²) in [6.07, 6.45) is 1.47. The summed E-state index contributed by atoms with van der Waals surface area (Å²) in [5.41, 5.74) is -0.279. The first kappa shape index (κ1) is 12.2. The van der Waals surface area contributed by atoms with Crippen molar-refractivity contribution in [3.63, 3.8) is 0 Å². The van der Waals surface area contributed by atoms with Crippen LogP contribution in [0.5, 0.6) is 0 Å². The first-order valence-corrected chi connectivity index (χ1v) is 6.18. The molecule has 1 aliphatic heterocycles. The van der Waals surface area contributed by atoms with E-state index in [1.165, 1.54) is 0 Å². The zero-order chi connectivity index (χ0) is 11.6. The van der Waals surface area contributed by atoms with Crippen molar-refractivity contribution in [2.45, 2.75) is 24.9 Å². The van der Waals surface area contributed by atoms with Crippen LogP contribution in [0.3, 0.4) is 0 Å². The highest BCUT2D eigenvalue weighted by Crippen LogP contribution is 2.31. The van der Waals surface area contributed by atoms with Crippen molar-refractivity contribution in [1.82, 2.24) is 5.32 Å². The monoisotopic (exact) mass is 261 g/mol.